The number of allylic oxidation sites excluding steroid dienone is 1. The van der Waals surface area contributed by atoms with E-state index in [2.05, 4.69) is 0 Å². The number of carbonyl (C=O) groups is 1. The van der Waals surface area contributed by atoms with E-state index in [4.69, 9.17) is 16.0 Å². The molecular formula is C23H14ClNO4. The van der Waals surface area contributed by atoms with Gasteiger partial charge in [-0.05, 0) is 41.1 Å². The molecule has 0 N–H and O–H groups in total. The molecule has 0 saturated heterocycles. The number of benzene rings is 3. The lowest BCUT2D eigenvalue weighted by Gasteiger charge is -2.02. The van der Waals surface area contributed by atoms with Crippen LogP contribution in [0, 0.1) is 10.1 Å². The number of hydrogen-bond donors (Lipinski definition) is 0. The van der Waals surface area contributed by atoms with Gasteiger partial charge in [-0.2, -0.15) is 0 Å². The number of carbonyl (C=O) groups excluding carboxylic acids is 1. The van der Waals surface area contributed by atoms with Crippen LogP contribution < -0.4 is 0 Å². The maximum Gasteiger partial charge on any atom is 0.270 e. The summed E-state index contributed by atoms with van der Waals surface area (Å²) in [5.41, 5.74) is 1.06. The highest BCUT2D eigenvalue weighted by Gasteiger charge is 2.13. The predicted octanol–water partition coefficient (Wildman–Crippen LogP) is 6.56. The molecule has 0 spiro atoms. The van der Waals surface area contributed by atoms with E-state index in [9.17, 15) is 14.9 Å². The number of hydrogen-bond acceptors (Lipinski definition) is 4. The van der Waals surface area contributed by atoms with Gasteiger partial charge in [0.05, 0.1) is 9.95 Å². The second kappa shape index (κ2) is 7.73. The molecular weight excluding hydrogens is 390 g/mol. The standard InChI is InChI=1S/C23H14ClNO4/c24-21-14-16(25(27)28)8-11-20(21)23-13-10-17(29-23)9-12-22(26)19-7-3-5-15-4-1-2-6-18(15)19/h1-14H/b12-9+. The number of nitrogens with zero attached hydrogens (tertiary/aromatic N) is 1. The fourth-order valence-corrected chi connectivity index (χ4v) is 3.36. The lowest BCUT2D eigenvalue weighted by atomic mass is 10.0. The van der Waals surface area contributed by atoms with Gasteiger partial charge in [0, 0.05) is 23.3 Å². The van der Waals surface area contributed by atoms with E-state index in [0.29, 0.717) is 22.6 Å². The quantitative estimate of drug-likeness (QED) is 0.164. The average molecular weight is 404 g/mol. The van der Waals surface area contributed by atoms with Crippen molar-refractivity contribution in [2.45, 2.75) is 0 Å². The van der Waals surface area contributed by atoms with Crippen molar-refractivity contribution >= 4 is 39.9 Å². The summed E-state index contributed by atoms with van der Waals surface area (Å²) in [4.78, 5) is 23.0. The minimum absolute atomic E-state index is 0.0916. The molecule has 0 unspecified atom stereocenters. The van der Waals surface area contributed by atoms with Crippen LogP contribution >= 0.6 is 11.6 Å². The van der Waals surface area contributed by atoms with Crippen LogP contribution in [0.5, 0.6) is 0 Å². The van der Waals surface area contributed by atoms with Crippen molar-refractivity contribution in [1.29, 1.82) is 0 Å². The largest absolute Gasteiger partial charge is 0.457 e. The normalized spacial score (nSPS) is 11.2. The fraction of sp³-hybridized carbons (Fsp3) is 0. The van der Waals surface area contributed by atoms with E-state index in [0.717, 1.165) is 10.8 Å². The molecule has 3 aromatic carbocycles. The van der Waals surface area contributed by atoms with Crippen LogP contribution in [0.1, 0.15) is 16.1 Å². The number of furan rings is 1. The van der Waals surface area contributed by atoms with E-state index in [1.54, 1.807) is 24.3 Å². The fourth-order valence-electron chi connectivity index (χ4n) is 3.09. The Morgan fingerprint density at radius 3 is 2.59 bits per heavy atom. The number of fused-ring (bicyclic) bond motifs is 1. The van der Waals surface area contributed by atoms with Crippen molar-refractivity contribution in [2.75, 3.05) is 0 Å². The molecule has 0 aliphatic carbocycles. The number of nitro benzene ring substituents is 1. The highest BCUT2D eigenvalue weighted by Crippen LogP contribution is 2.32. The van der Waals surface area contributed by atoms with Crippen LogP contribution in [-0.4, -0.2) is 10.7 Å². The second-order valence-corrected chi connectivity index (χ2v) is 6.75. The monoisotopic (exact) mass is 403 g/mol. The lowest BCUT2D eigenvalue weighted by Crippen LogP contribution is -1.95. The molecule has 4 rings (SSSR count). The van der Waals surface area contributed by atoms with Crippen molar-refractivity contribution in [3.05, 3.63) is 105 Å². The molecule has 0 aliphatic rings. The maximum absolute atomic E-state index is 12.7. The third kappa shape index (κ3) is 3.81. The Balaban J connectivity index is 1.58. The summed E-state index contributed by atoms with van der Waals surface area (Å²) in [6.07, 6.45) is 3.05. The van der Waals surface area contributed by atoms with Gasteiger partial charge < -0.3 is 4.42 Å². The summed E-state index contributed by atoms with van der Waals surface area (Å²) >= 11 is 6.14. The highest BCUT2D eigenvalue weighted by atomic mass is 35.5. The topological polar surface area (TPSA) is 73.3 Å². The van der Waals surface area contributed by atoms with Gasteiger partial charge in [0.2, 0.25) is 0 Å². The Morgan fingerprint density at radius 1 is 1.00 bits per heavy atom. The van der Waals surface area contributed by atoms with Gasteiger partial charge in [-0.1, -0.05) is 54.1 Å². The first-order valence-electron chi connectivity index (χ1n) is 8.77. The predicted molar refractivity (Wildman–Crippen MR) is 113 cm³/mol. The van der Waals surface area contributed by atoms with Gasteiger partial charge >= 0.3 is 0 Å². The van der Waals surface area contributed by atoms with Gasteiger partial charge in [0.25, 0.3) is 5.69 Å². The van der Waals surface area contributed by atoms with Gasteiger partial charge in [0.15, 0.2) is 5.78 Å². The number of non-ortho nitro benzene ring substituents is 1. The van der Waals surface area contributed by atoms with Gasteiger partial charge in [0.1, 0.15) is 11.5 Å². The molecule has 0 saturated carbocycles. The van der Waals surface area contributed by atoms with E-state index >= 15 is 0 Å². The number of halogens is 1. The Morgan fingerprint density at radius 2 is 1.79 bits per heavy atom. The summed E-state index contributed by atoms with van der Waals surface area (Å²) in [5, 5.41) is 12.9. The van der Waals surface area contributed by atoms with E-state index in [1.165, 1.54) is 24.3 Å². The summed E-state index contributed by atoms with van der Waals surface area (Å²) < 4.78 is 5.73. The molecule has 29 heavy (non-hydrogen) atoms. The summed E-state index contributed by atoms with van der Waals surface area (Å²) in [5.74, 6) is 0.804. The third-order valence-electron chi connectivity index (χ3n) is 4.51. The van der Waals surface area contributed by atoms with Crippen LogP contribution in [0.4, 0.5) is 5.69 Å². The van der Waals surface area contributed by atoms with Crippen LogP contribution in [-0.2, 0) is 0 Å². The first-order valence-corrected chi connectivity index (χ1v) is 9.15. The maximum atomic E-state index is 12.7. The summed E-state index contributed by atoms with van der Waals surface area (Å²) in [7, 11) is 0. The second-order valence-electron chi connectivity index (χ2n) is 6.35. The molecule has 0 radical (unpaired) electrons. The zero-order chi connectivity index (χ0) is 20.4. The first kappa shape index (κ1) is 18.7. The number of rotatable bonds is 5. The molecule has 0 atom stereocenters. The third-order valence-corrected chi connectivity index (χ3v) is 4.82. The zero-order valence-electron chi connectivity index (χ0n) is 15.0. The van der Waals surface area contributed by atoms with Crippen molar-refractivity contribution in [3.8, 4) is 11.3 Å². The summed E-state index contributed by atoms with van der Waals surface area (Å²) in [6, 6.07) is 20.9. The number of nitro groups is 1. The Bertz CT molecular complexity index is 1270. The average Bonchev–Trinajstić information content (AvgIpc) is 3.20. The van der Waals surface area contributed by atoms with Crippen molar-refractivity contribution in [2.24, 2.45) is 0 Å². The van der Waals surface area contributed by atoms with E-state index in [1.807, 2.05) is 36.4 Å². The molecule has 0 bridgehead atoms. The van der Waals surface area contributed by atoms with Crippen LogP contribution in [0.2, 0.25) is 5.02 Å². The zero-order valence-corrected chi connectivity index (χ0v) is 15.8. The molecule has 0 fully saturated rings. The van der Waals surface area contributed by atoms with Gasteiger partial charge in [-0.3, -0.25) is 14.9 Å². The molecule has 142 valence electrons. The van der Waals surface area contributed by atoms with Crippen molar-refractivity contribution in [1.82, 2.24) is 0 Å². The lowest BCUT2D eigenvalue weighted by molar-refractivity contribution is -0.384. The SMILES string of the molecule is O=C(/C=C/c1ccc(-c2ccc([N+](=O)[O-])cc2Cl)o1)c1cccc2ccccc12. The van der Waals surface area contributed by atoms with Gasteiger partial charge in [-0.15, -0.1) is 0 Å². The van der Waals surface area contributed by atoms with Crippen molar-refractivity contribution in [3.63, 3.8) is 0 Å². The van der Waals surface area contributed by atoms with Crippen molar-refractivity contribution < 1.29 is 14.1 Å². The Hall–Kier alpha value is -3.70. The molecule has 5 nitrogen and oxygen atoms in total. The Labute approximate surface area is 171 Å². The molecule has 4 aromatic rings. The molecule has 0 aliphatic heterocycles. The van der Waals surface area contributed by atoms with E-state index < -0.39 is 4.92 Å². The molecule has 1 heterocycles. The molecule has 6 heteroatoms. The smallest absolute Gasteiger partial charge is 0.270 e. The minimum Gasteiger partial charge on any atom is -0.457 e. The highest BCUT2D eigenvalue weighted by molar-refractivity contribution is 6.33. The molecule has 0 amide bonds. The summed E-state index contributed by atoms with van der Waals surface area (Å²) in [6.45, 7) is 0. The van der Waals surface area contributed by atoms with Crippen LogP contribution in [0.25, 0.3) is 28.2 Å². The van der Waals surface area contributed by atoms with Crippen LogP contribution in [0.3, 0.4) is 0 Å². The van der Waals surface area contributed by atoms with Gasteiger partial charge in [-0.25, -0.2) is 0 Å². The van der Waals surface area contributed by atoms with Crippen LogP contribution in [0.15, 0.2) is 83.3 Å². The molecule has 1 aromatic heterocycles. The number of ketones is 1. The van der Waals surface area contributed by atoms with E-state index in [-0.39, 0.29) is 16.5 Å². The Kier molecular flexibility index (Phi) is 4.97. The minimum atomic E-state index is -0.509. The first-order chi connectivity index (χ1) is 14.0.